The molecule has 0 atom stereocenters. The van der Waals surface area contributed by atoms with Crippen LogP contribution < -0.4 is 5.32 Å². The first-order valence-corrected chi connectivity index (χ1v) is 6.40. The lowest BCUT2D eigenvalue weighted by Gasteiger charge is -2.24. The second kappa shape index (κ2) is 8.08. The van der Waals surface area contributed by atoms with E-state index >= 15 is 0 Å². The highest BCUT2D eigenvalue weighted by Gasteiger charge is 2.12. The maximum absolute atomic E-state index is 5.33. The number of nitrogens with one attached hydrogen (secondary N) is 1. The molecule has 0 aliphatic carbocycles. The molecule has 0 aromatic rings. The largest absolute Gasteiger partial charge is 0.381 e. The summed E-state index contributed by atoms with van der Waals surface area (Å²) < 4.78 is 5.33. The van der Waals surface area contributed by atoms with Gasteiger partial charge in [0, 0.05) is 19.3 Å². The van der Waals surface area contributed by atoms with Crippen molar-refractivity contribution < 1.29 is 4.74 Å². The van der Waals surface area contributed by atoms with Crippen molar-refractivity contribution in [3.8, 4) is 0 Å². The van der Waals surface area contributed by atoms with Gasteiger partial charge in [0.2, 0.25) is 0 Å². The Morgan fingerprint density at radius 2 is 1.87 bits per heavy atom. The number of hydrogen-bond acceptors (Lipinski definition) is 3. The highest BCUT2D eigenvalue weighted by atomic mass is 16.5. The second-order valence-electron chi connectivity index (χ2n) is 4.22. The van der Waals surface area contributed by atoms with E-state index in [2.05, 4.69) is 24.1 Å². The Balaban J connectivity index is 1.95. The topological polar surface area (TPSA) is 24.5 Å². The smallest absolute Gasteiger partial charge is 0.0480 e. The summed E-state index contributed by atoms with van der Waals surface area (Å²) in [6.07, 6.45) is 3.63. The van der Waals surface area contributed by atoms with Gasteiger partial charge in [-0.1, -0.05) is 13.8 Å². The van der Waals surface area contributed by atoms with Crippen molar-refractivity contribution in [3.05, 3.63) is 0 Å². The first-order valence-electron chi connectivity index (χ1n) is 6.40. The Morgan fingerprint density at radius 3 is 2.47 bits per heavy atom. The van der Waals surface area contributed by atoms with E-state index in [-0.39, 0.29) is 0 Å². The van der Waals surface area contributed by atoms with Gasteiger partial charge in [0.15, 0.2) is 0 Å². The third-order valence-corrected chi connectivity index (χ3v) is 3.20. The molecule has 0 saturated carbocycles. The first kappa shape index (κ1) is 12.9. The summed E-state index contributed by atoms with van der Waals surface area (Å²) in [6, 6.07) is 0.704. The lowest BCUT2D eigenvalue weighted by Crippen LogP contribution is -2.36. The number of ether oxygens (including phenoxy) is 1. The average Bonchev–Trinajstić information content (AvgIpc) is 2.31. The van der Waals surface area contributed by atoms with Gasteiger partial charge in [0.25, 0.3) is 0 Å². The fourth-order valence-electron chi connectivity index (χ4n) is 2.05. The van der Waals surface area contributed by atoms with Gasteiger partial charge >= 0.3 is 0 Å². The van der Waals surface area contributed by atoms with Crippen molar-refractivity contribution in [2.45, 2.75) is 39.2 Å². The van der Waals surface area contributed by atoms with Crippen LogP contribution in [0.25, 0.3) is 0 Å². The predicted molar refractivity (Wildman–Crippen MR) is 64.2 cm³/mol. The molecular formula is C12H26N2O. The van der Waals surface area contributed by atoms with E-state index in [4.69, 9.17) is 4.74 Å². The van der Waals surface area contributed by atoms with E-state index in [0.29, 0.717) is 6.04 Å². The molecule has 3 nitrogen and oxygen atoms in total. The molecule has 90 valence electrons. The van der Waals surface area contributed by atoms with Crippen LogP contribution in [-0.4, -0.2) is 50.3 Å². The summed E-state index contributed by atoms with van der Waals surface area (Å²) in [5, 5.41) is 3.62. The van der Waals surface area contributed by atoms with Gasteiger partial charge in [0.1, 0.15) is 0 Å². The Labute approximate surface area is 94.2 Å². The standard InChI is InChI=1S/C12H26N2O/c1-3-14(4-2)9-5-8-13-12-6-10-15-11-7-12/h12-13H,3-11H2,1-2H3. The third-order valence-electron chi connectivity index (χ3n) is 3.20. The Kier molecular flexibility index (Phi) is 6.98. The maximum atomic E-state index is 5.33. The fraction of sp³-hybridized carbons (Fsp3) is 1.00. The van der Waals surface area contributed by atoms with Crippen molar-refractivity contribution in [1.29, 1.82) is 0 Å². The van der Waals surface area contributed by atoms with Gasteiger partial charge in [-0.05, 0) is 45.4 Å². The van der Waals surface area contributed by atoms with E-state index in [1.807, 2.05) is 0 Å². The summed E-state index contributed by atoms with van der Waals surface area (Å²) in [6.45, 7) is 11.1. The van der Waals surface area contributed by atoms with Gasteiger partial charge in [-0.25, -0.2) is 0 Å². The van der Waals surface area contributed by atoms with Crippen LogP contribution in [0.5, 0.6) is 0 Å². The van der Waals surface area contributed by atoms with E-state index in [0.717, 1.165) is 19.8 Å². The molecule has 1 heterocycles. The predicted octanol–water partition coefficient (Wildman–Crippen LogP) is 1.49. The van der Waals surface area contributed by atoms with Crippen molar-refractivity contribution in [2.75, 3.05) is 39.4 Å². The molecule has 15 heavy (non-hydrogen) atoms. The van der Waals surface area contributed by atoms with Crippen molar-refractivity contribution >= 4 is 0 Å². The molecule has 1 fully saturated rings. The first-order chi connectivity index (χ1) is 7.36. The van der Waals surface area contributed by atoms with E-state index < -0.39 is 0 Å². The van der Waals surface area contributed by atoms with Crippen LogP contribution in [0.15, 0.2) is 0 Å². The summed E-state index contributed by atoms with van der Waals surface area (Å²) in [7, 11) is 0. The van der Waals surface area contributed by atoms with E-state index in [1.165, 1.54) is 38.9 Å². The molecule has 1 rings (SSSR count). The quantitative estimate of drug-likeness (QED) is 0.650. The Morgan fingerprint density at radius 1 is 1.20 bits per heavy atom. The molecule has 1 saturated heterocycles. The van der Waals surface area contributed by atoms with Gasteiger partial charge in [-0.15, -0.1) is 0 Å². The Hall–Kier alpha value is -0.120. The minimum absolute atomic E-state index is 0.704. The van der Waals surface area contributed by atoms with Crippen LogP contribution >= 0.6 is 0 Å². The van der Waals surface area contributed by atoms with Gasteiger partial charge in [-0.3, -0.25) is 0 Å². The van der Waals surface area contributed by atoms with Crippen LogP contribution in [-0.2, 0) is 4.74 Å². The van der Waals surface area contributed by atoms with Crippen molar-refractivity contribution in [3.63, 3.8) is 0 Å². The molecule has 1 aliphatic rings. The molecule has 1 aliphatic heterocycles. The van der Waals surface area contributed by atoms with Gasteiger partial charge in [0.05, 0.1) is 0 Å². The zero-order valence-corrected chi connectivity index (χ0v) is 10.3. The van der Waals surface area contributed by atoms with Crippen LogP contribution in [0.2, 0.25) is 0 Å². The highest BCUT2D eigenvalue weighted by molar-refractivity contribution is 4.70. The molecule has 0 aromatic heterocycles. The zero-order valence-electron chi connectivity index (χ0n) is 10.3. The maximum Gasteiger partial charge on any atom is 0.0480 e. The average molecular weight is 214 g/mol. The minimum Gasteiger partial charge on any atom is -0.381 e. The van der Waals surface area contributed by atoms with E-state index in [1.54, 1.807) is 0 Å². The van der Waals surface area contributed by atoms with Crippen molar-refractivity contribution in [2.24, 2.45) is 0 Å². The lowest BCUT2D eigenvalue weighted by molar-refractivity contribution is 0.0778. The number of rotatable bonds is 7. The van der Waals surface area contributed by atoms with Crippen LogP contribution in [0, 0.1) is 0 Å². The monoisotopic (exact) mass is 214 g/mol. The molecule has 0 spiro atoms. The number of nitrogens with zero attached hydrogens (tertiary/aromatic N) is 1. The second-order valence-corrected chi connectivity index (χ2v) is 4.22. The normalized spacial score (nSPS) is 18.6. The molecule has 0 amide bonds. The van der Waals surface area contributed by atoms with Gasteiger partial charge < -0.3 is 15.0 Å². The molecule has 3 heteroatoms. The lowest BCUT2D eigenvalue weighted by atomic mass is 10.1. The number of hydrogen-bond donors (Lipinski definition) is 1. The van der Waals surface area contributed by atoms with Crippen molar-refractivity contribution in [1.82, 2.24) is 10.2 Å². The molecule has 0 unspecified atom stereocenters. The third kappa shape index (κ3) is 5.50. The van der Waals surface area contributed by atoms with Gasteiger partial charge in [-0.2, -0.15) is 0 Å². The summed E-state index contributed by atoms with van der Waals surface area (Å²) in [5.74, 6) is 0. The summed E-state index contributed by atoms with van der Waals surface area (Å²) in [5.41, 5.74) is 0. The molecule has 0 aromatic carbocycles. The van der Waals surface area contributed by atoms with Crippen LogP contribution in [0.1, 0.15) is 33.1 Å². The Bertz CT molecular complexity index is 143. The van der Waals surface area contributed by atoms with E-state index in [9.17, 15) is 0 Å². The van der Waals surface area contributed by atoms with Crippen LogP contribution in [0.3, 0.4) is 0 Å². The molecule has 0 bridgehead atoms. The fourth-order valence-corrected chi connectivity index (χ4v) is 2.05. The minimum atomic E-state index is 0.704. The SMILES string of the molecule is CCN(CC)CCCNC1CCOCC1. The van der Waals surface area contributed by atoms with Crippen LogP contribution in [0.4, 0.5) is 0 Å². The summed E-state index contributed by atoms with van der Waals surface area (Å²) >= 11 is 0. The highest BCUT2D eigenvalue weighted by Crippen LogP contribution is 2.05. The molecule has 1 N–H and O–H groups in total. The molecular weight excluding hydrogens is 188 g/mol. The summed E-state index contributed by atoms with van der Waals surface area (Å²) in [4.78, 5) is 2.48. The zero-order chi connectivity index (χ0) is 10.9. The molecule has 0 radical (unpaired) electrons.